The molecule has 0 amide bonds. The van der Waals surface area contributed by atoms with E-state index >= 15 is 0 Å². The molecule has 2 N–H and O–H groups in total. The van der Waals surface area contributed by atoms with Crippen LogP contribution in [-0.2, 0) is 14.3 Å². The minimum Gasteiger partial charge on any atom is -0.508 e. The van der Waals surface area contributed by atoms with E-state index in [1.165, 1.54) is 12.1 Å². The van der Waals surface area contributed by atoms with Gasteiger partial charge in [0.1, 0.15) is 5.75 Å². The second-order valence-electron chi connectivity index (χ2n) is 6.49. The molecule has 3 rings (SSSR count). The molecule has 2 aliphatic rings. The van der Waals surface area contributed by atoms with Crippen molar-refractivity contribution in [3.63, 3.8) is 0 Å². The summed E-state index contributed by atoms with van der Waals surface area (Å²) < 4.78 is 5.15. The van der Waals surface area contributed by atoms with E-state index in [-0.39, 0.29) is 35.0 Å². The Bertz CT molecular complexity index is 899. The van der Waals surface area contributed by atoms with E-state index in [0.717, 1.165) is 6.07 Å². The number of allylic oxidation sites excluding steroid dienone is 3. The number of esters is 1. The van der Waals surface area contributed by atoms with Gasteiger partial charge in [0.05, 0.1) is 29.1 Å². The third-order valence-electron chi connectivity index (χ3n) is 4.79. The zero-order chi connectivity index (χ0) is 19.7. The van der Waals surface area contributed by atoms with Crippen LogP contribution in [0.25, 0.3) is 0 Å². The molecular formula is C19H20N2O6. The molecule has 0 saturated carbocycles. The average molecular weight is 372 g/mol. The first-order valence-electron chi connectivity index (χ1n) is 8.73. The molecular weight excluding hydrogens is 352 g/mol. The monoisotopic (exact) mass is 372 g/mol. The van der Waals surface area contributed by atoms with Gasteiger partial charge in [0.2, 0.25) is 0 Å². The molecule has 0 spiro atoms. The third kappa shape index (κ3) is 3.30. The molecule has 0 bridgehead atoms. The number of carbonyl (C=O) groups excluding carboxylic acids is 2. The Morgan fingerprint density at radius 1 is 1.41 bits per heavy atom. The predicted molar refractivity (Wildman–Crippen MR) is 95.9 cm³/mol. The molecule has 0 aromatic heterocycles. The zero-order valence-electron chi connectivity index (χ0n) is 15.1. The number of carbonyl (C=O) groups is 2. The van der Waals surface area contributed by atoms with Crippen molar-refractivity contribution < 1.29 is 24.4 Å². The van der Waals surface area contributed by atoms with Crippen molar-refractivity contribution in [2.45, 2.75) is 39.0 Å². The Morgan fingerprint density at radius 3 is 2.81 bits per heavy atom. The third-order valence-corrected chi connectivity index (χ3v) is 4.79. The molecule has 0 fully saturated rings. The quantitative estimate of drug-likeness (QED) is 0.474. The second kappa shape index (κ2) is 7.22. The van der Waals surface area contributed by atoms with Crippen molar-refractivity contribution in [3.05, 3.63) is 56.4 Å². The fourth-order valence-electron chi connectivity index (χ4n) is 3.71. The van der Waals surface area contributed by atoms with Crippen LogP contribution in [0.3, 0.4) is 0 Å². The van der Waals surface area contributed by atoms with E-state index in [2.05, 4.69) is 5.32 Å². The van der Waals surface area contributed by atoms with Crippen molar-refractivity contribution >= 4 is 17.4 Å². The normalized spacial score (nSPS) is 19.5. The van der Waals surface area contributed by atoms with Gasteiger partial charge in [-0.2, -0.15) is 0 Å². The molecule has 142 valence electrons. The van der Waals surface area contributed by atoms with Gasteiger partial charge in [-0.05, 0) is 38.8 Å². The number of benzene rings is 1. The van der Waals surface area contributed by atoms with Gasteiger partial charge < -0.3 is 15.2 Å². The number of nitro groups is 1. The van der Waals surface area contributed by atoms with Crippen LogP contribution < -0.4 is 5.32 Å². The van der Waals surface area contributed by atoms with Gasteiger partial charge in [-0.15, -0.1) is 0 Å². The van der Waals surface area contributed by atoms with Crippen LogP contribution in [0.2, 0.25) is 0 Å². The highest BCUT2D eigenvalue weighted by molar-refractivity contribution is 6.04. The molecule has 1 aromatic carbocycles. The fraction of sp³-hybridized carbons (Fsp3) is 0.368. The van der Waals surface area contributed by atoms with Gasteiger partial charge in [0.25, 0.3) is 5.69 Å². The number of dihydropyridines is 1. The predicted octanol–water partition coefficient (Wildman–Crippen LogP) is 2.83. The first-order chi connectivity index (χ1) is 12.8. The molecule has 1 atom stereocenters. The number of phenolic OH excluding ortho intramolecular Hbond substituents is 1. The van der Waals surface area contributed by atoms with Crippen molar-refractivity contribution in [1.29, 1.82) is 0 Å². The molecule has 8 heteroatoms. The lowest BCUT2D eigenvalue weighted by Crippen LogP contribution is -2.34. The molecule has 1 aromatic rings. The van der Waals surface area contributed by atoms with Gasteiger partial charge in [-0.1, -0.05) is 0 Å². The minimum absolute atomic E-state index is 0.139. The summed E-state index contributed by atoms with van der Waals surface area (Å²) in [7, 11) is 0. The van der Waals surface area contributed by atoms with E-state index in [4.69, 9.17) is 4.74 Å². The van der Waals surface area contributed by atoms with E-state index in [9.17, 15) is 24.8 Å². The summed E-state index contributed by atoms with van der Waals surface area (Å²) in [5.74, 6) is -1.94. The van der Waals surface area contributed by atoms with Gasteiger partial charge in [-0.25, -0.2) is 4.79 Å². The molecule has 1 heterocycles. The van der Waals surface area contributed by atoms with Crippen LogP contribution in [0.4, 0.5) is 5.69 Å². The summed E-state index contributed by atoms with van der Waals surface area (Å²) in [5.41, 5.74) is 1.58. The minimum atomic E-state index is -0.908. The molecule has 0 saturated heterocycles. The number of hydrogen-bond donors (Lipinski definition) is 2. The van der Waals surface area contributed by atoms with Gasteiger partial charge in [-0.3, -0.25) is 14.9 Å². The largest absolute Gasteiger partial charge is 0.508 e. The number of nitrogens with zero attached hydrogens (tertiary/aromatic N) is 1. The number of Topliss-reactive ketones (excluding diaryl/α,β-unsaturated/α-hetero) is 1. The first-order valence-corrected chi connectivity index (χ1v) is 8.73. The summed E-state index contributed by atoms with van der Waals surface area (Å²) in [5, 5.41) is 24.4. The molecule has 27 heavy (non-hydrogen) atoms. The molecule has 0 unspecified atom stereocenters. The Kier molecular flexibility index (Phi) is 4.98. The molecule has 1 aliphatic carbocycles. The van der Waals surface area contributed by atoms with Crippen molar-refractivity contribution in [1.82, 2.24) is 5.32 Å². The zero-order valence-corrected chi connectivity index (χ0v) is 15.1. The van der Waals surface area contributed by atoms with Crippen molar-refractivity contribution in [3.8, 4) is 5.75 Å². The highest BCUT2D eigenvalue weighted by Crippen LogP contribution is 2.45. The van der Waals surface area contributed by atoms with Gasteiger partial charge in [0.15, 0.2) is 5.78 Å². The molecule has 1 aliphatic heterocycles. The fourth-order valence-corrected chi connectivity index (χ4v) is 3.71. The Labute approximate surface area is 155 Å². The van der Waals surface area contributed by atoms with Crippen LogP contribution in [0.1, 0.15) is 44.6 Å². The SMILES string of the molecule is CCOC(=O)C1=C(C)NC2=C(C(=O)CCC2)[C@@H]1c1ccc(O)cc1[N+](=O)[O-]. The van der Waals surface area contributed by atoms with Crippen LogP contribution in [-0.4, -0.2) is 28.4 Å². The number of hydrogen-bond acceptors (Lipinski definition) is 7. The lowest BCUT2D eigenvalue weighted by molar-refractivity contribution is -0.385. The summed E-state index contributed by atoms with van der Waals surface area (Å²) in [4.78, 5) is 36.3. The average Bonchev–Trinajstić information content (AvgIpc) is 2.61. The van der Waals surface area contributed by atoms with Crippen LogP contribution >= 0.6 is 0 Å². The van der Waals surface area contributed by atoms with Gasteiger partial charge in [0, 0.05) is 29.0 Å². The van der Waals surface area contributed by atoms with Crippen molar-refractivity contribution in [2.75, 3.05) is 6.61 Å². The molecule has 0 radical (unpaired) electrons. The van der Waals surface area contributed by atoms with Crippen LogP contribution in [0, 0.1) is 10.1 Å². The van der Waals surface area contributed by atoms with E-state index in [1.54, 1.807) is 13.8 Å². The van der Waals surface area contributed by atoms with E-state index < -0.39 is 16.8 Å². The highest BCUT2D eigenvalue weighted by Gasteiger charge is 2.41. The maximum Gasteiger partial charge on any atom is 0.336 e. The number of ether oxygens (including phenoxy) is 1. The van der Waals surface area contributed by atoms with E-state index in [0.29, 0.717) is 36.2 Å². The maximum atomic E-state index is 12.7. The first kappa shape index (κ1) is 18.6. The summed E-state index contributed by atoms with van der Waals surface area (Å²) >= 11 is 0. The second-order valence-corrected chi connectivity index (χ2v) is 6.49. The van der Waals surface area contributed by atoms with Gasteiger partial charge >= 0.3 is 5.97 Å². The number of ketones is 1. The Hall–Kier alpha value is -3.16. The Morgan fingerprint density at radius 2 is 2.15 bits per heavy atom. The maximum absolute atomic E-state index is 12.7. The highest BCUT2D eigenvalue weighted by atomic mass is 16.6. The standard InChI is InChI=1S/C19H20N2O6/c1-3-27-19(24)16-10(2)20-13-5-4-6-15(23)18(13)17(16)12-8-7-11(22)9-14(12)21(25)26/h7-9,17,20,22H,3-6H2,1-2H3/t17-/m1/s1. The molecule has 8 nitrogen and oxygen atoms in total. The van der Waals surface area contributed by atoms with Crippen LogP contribution in [0.15, 0.2) is 40.7 Å². The number of nitrogens with one attached hydrogen (secondary N) is 1. The Balaban J connectivity index is 2.27. The number of nitro benzene ring substituents is 1. The smallest absolute Gasteiger partial charge is 0.336 e. The summed E-state index contributed by atoms with van der Waals surface area (Å²) in [6.45, 7) is 3.49. The topological polar surface area (TPSA) is 119 Å². The number of phenols is 1. The van der Waals surface area contributed by atoms with E-state index in [1.807, 2.05) is 0 Å². The number of aromatic hydroxyl groups is 1. The lowest BCUT2D eigenvalue weighted by atomic mass is 9.75. The lowest BCUT2D eigenvalue weighted by Gasteiger charge is -2.33. The van der Waals surface area contributed by atoms with Crippen molar-refractivity contribution in [2.24, 2.45) is 0 Å². The number of rotatable bonds is 4. The summed E-state index contributed by atoms with van der Waals surface area (Å²) in [6.07, 6.45) is 1.62. The summed E-state index contributed by atoms with van der Waals surface area (Å²) in [6, 6.07) is 3.74. The van der Waals surface area contributed by atoms with Crippen LogP contribution in [0.5, 0.6) is 5.75 Å².